The second-order valence-electron chi connectivity index (χ2n) is 4.61. The Labute approximate surface area is 130 Å². The Morgan fingerprint density at radius 2 is 1.71 bits per heavy atom. The summed E-state index contributed by atoms with van der Waals surface area (Å²) >= 11 is 3.38. The van der Waals surface area contributed by atoms with Gasteiger partial charge in [0.1, 0.15) is 0 Å². The van der Waals surface area contributed by atoms with E-state index >= 15 is 0 Å². The molecule has 108 valence electrons. The summed E-state index contributed by atoms with van der Waals surface area (Å²) in [4.78, 5) is 22.2. The summed E-state index contributed by atoms with van der Waals surface area (Å²) in [6.07, 6.45) is 1.11. The van der Waals surface area contributed by atoms with E-state index in [0.717, 1.165) is 10.0 Å². The summed E-state index contributed by atoms with van der Waals surface area (Å²) < 4.78 is 0.956. The van der Waals surface area contributed by atoms with Crippen LogP contribution >= 0.6 is 15.9 Å². The summed E-state index contributed by atoms with van der Waals surface area (Å²) in [6, 6.07) is 11.8. The van der Waals surface area contributed by atoms with Crippen molar-refractivity contribution in [1.29, 1.82) is 0 Å². The standard InChI is InChI=1S/C16H13BrO4/c17-13-3-1-2-10(8-13)4-5-11-9-12(15(18)19)6-7-14(11)16(20)21/h1-3,6-9H,4-5H2,(H,18,19)(H,20,21). The predicted molar refractivity (Wildman–Crippen MR) is 81.9 cm³/mol. The van der Waals surface area contributed by atoms with Crippen LogP contribution in [0.4, 0.5) is 0 Å². The van der Waals surface area contributed by atoms with Gasteiger partial charge in [0.05, 0.1) is 11.1 Å². The number of carboxylic acid groups (broad SMARTS) is 2. The van der Waals surface area contributed by atoms with Crippen molar-refractivity contribution >= 4 is 27.9 Å². The molecule has 0 fully saturated rings. The zero-order chi connectivity index (χ0) is 15.4. The average Bonchev–Trinajstić information content (AvgIpc) is 2.44. The van der Waals surface area contributed by atoms with Gasteiger partial charge in [0.25, 0.3) is 0 Å². The van der Waals surface area contributed by atoms with Crippen molar-refractivity contribution in [3.05, 3.63) is 69.2 Å². The zero-order valence-electron chi connectivity index (χ0n) is 11.0. The van der Waals surface area contributed by atoms with Crippen molar-refractivity contribution in [3.8, 4) is 0 Å². The molecular weight excluding hydrogens is 336 g/mol. The number of halogens is 1. The minimum atomic E-state index is -1.06. The first-order valence-corrected chi connectivity index (χ1v) is 7.10. The van der Waals surface area contributed by atoms with Crippen molar-refractivity contribution in [3.63, 3.8) is 0 Å². The number of aromatic carboxylic acids is 2. The molecule has 0 heterocycles. The molecule has 2 aromatic rings. The first kappa shape index (κ1) is 15.3. The Hall–Kier alpha value is -2.14. The molecule has 0 radical (unpaired) electrons. The highest BCUT2D eigenvalue weighted by Gasteiger charge is 2.13. The normalized spacial score (nSPS) is 10.3. The molecule has 4 nitrogen and oxygen atoms in total. The average molecular weight is 349 g/mol. The number of benzene rings is 2. The quantitative estimate of drug-likeness (QED) is 0.864. The molecule has 0 aliphatic heterocycles. The highest BCUT2D eigenvalue weighted by atomic mass is 79.9. The third-order valence-corrected chi connectivity index (χ3v) is 3.65. The molecular formula is C16H13BrO4. The van der Waals surface area contributed by atoms with Crippen LogP contribution in [0.3, 0.4) is 0 Å². The molecule has 0 saturated carbocycles. The lowest BCUT2D eigenvalue weighted by Gasteiger charge is -2.08. The maximum atomic E-state index is 11.2. The minimum absolute atomic E-state index is 0.101. The van der Waals surface area contributed by atoms with Gasteiger partial charge in [0.2, 0.25) is 0 Å². The number of carbonyl (C=O) groups is 2. The van der Waals surface area contributed by atoms with Crippen molar-refractivity contribution in [2.45, 2.75) is 12.8 Å². The fourth-order valence-electron chi connectivity index (χ4n) is 2.11. The monoisotopic (exact) mass is 348 g/mol. The van der Waals surface area contributed by atoms with E-state index in [9.17, 15) is 14.7 Å². The number of hydrogen-bond donors (Lipinski definition) is 2. The topological polar surface area (TPSA) is 74.6 Å². The Kier molecular flexibility index (Phi) is 4.75. The minimum Gasteiger partial charge on any atom is -0.478 e. The third kappa shape index (κ3) is 3.92. The molecule has 0 saturated heterocycles. The van der Waals surface area contributed by atoms with Crippen molar-refractivity contribution in [2.75, 3.05) is 0 Å². The van der Waals surface area contributed by atoms with Gasteiger partial charge in [-0.2, -0.15) is 0 Å². The van der Waals surface area contributed by atoms with E-state index in [1.807, 2.05) is 24.3 Å². The largest absolute Gasteiger partial charge is 0.478 e. The first-order valence-electron chi connectivity index (χ1n) is 6.31. The van der Waals surface area contributed by atoms with Crippen LogP contribution in [-0.4, -0.2) is 22.2 Å². The second kappa shape index (κ2) is 6.54. The molecule has 0 aromatic heterocycles. The van der Waals surface area contributed by atoms with Crippen LogP contribution in [0.25, 0.3) is 0 Å². The van der Waals surface area contributed by atoms with Gasteiger partial charge in [0, 0.05) is 4.47 Å². The van der Waals surface area contributed by atoms with Gasteiger partial charge in [0.15, 0.2) is 0 Å². The van der Waals surface area contributed by atoms with E-state index in [1.165, 1.54) is 18.2 Å². The van der Waals surface area contributed by atoms with Gasteiger partial charge in [-0.25, -0.2) is 9.59 Å². The summed E-state index contributed by atoms with van der Waals surface area (Å²) in [5.74, 6) is -2.10. The lowest BCUT2D eigenvalue weighted by Crippen LogP contribution is -2.07. The summed E-state index contributed by atoms with van der Waals surface area (Å²) in [5.41, 5.74) is 1.84. The SMILES string of the molecule is O=C(O)c1ccc(C(=O)O)c(CCc2cccc(Br)c2)c1. The molecule has 5 heteroatoms. The molecule has 0 bridgehead atoms. The lowest BCUT2D eigenvalue weighted by atomic mass is 9.97. The maximum absolute atomic E-state index is 11.2. The van der Waals surface area contributed by atoms with Crippen LogP contribution < -0.4 is 0 Å². The molecule has 2 N–H and O–H groups in total. The van der Waals surface area contributed by atoms with Crippen molar-refractivity contribution in [1.82, 2.24) is 0 Å². The Morgan fingerprint density at radius 3 is 2.33 bits per heavy atom. The predicted octanol–water partition coefficient (Wildman–Crippen LogP) is 3.63. The van der Waals surface area contributed by atoms with E-state index < -0.39 is 11.9 Å². The molecule has 2 aromatic carbocycles. The Bertz CT molecular complexity index is 694. The van der Waals surface area contributed by atoms with Crippen LogP contribution in [0.1, 0.15) is 31.8 Å². The van der Waals surface area contributed by atoms with E-state index in [4.69, 9.17) is 5.11 Å². The lowest BCUT2D eigenvalue weighted by molar-refractivity contribution is 0.0680. The van der Waals surface area contributed by atoms with Gasteiger partial charge in [-0.05, 0) is 54.3 Å². The number of hydrogen-bond acceptors (Lipinski definition) is 2. The molecule has 0 amide bonds. The van der Waals surface area contributed by atoms with E-state index in [1.54, 1.807) is 0 Å². The molecule has 2 rings (SSSR count). The fourth-order valence-corrected chi connectivity index (χ4v) is 2.56. The van der Waals surface area contributed by atoms with Gasteiger partial charge < -0.3 is 10.2 Å². The van der Waals surface area contributed by atoms with Crippen LogP contribution in [0, 0.1) is 0 Å². The number of aryl methyl sites for hydroxylation is 2. The summed E-state index contributed by atoms with van der Waals surface area (Å²) in [7, 11) is 0. The highest BCUT2D eigenvalue weighted by Crippen LogP contribution is 2.17. The maximum Gasteiger partial charge on any atom is 0.335 e. The number of carboxylic acids is 2. The van der Waals surface area contributed by atoms with E-state index in [-0.39, 0.29) is 11.1 Å². The molecule has 0 aliphatic carbocycles. The van der Waals surface area contributed by atoms with Gasteiger partial charge in [-0.3, -0.25) is 0 Å². The smallest absolute Gasteiger partial charge is 0.335 e. The zero-order valence-corrected chi connectivity index (χ0v) is 12.6. The number of rotatable bonds is 5. The highest BCUT2D eigenvalue weighted by molar-refractivity contribution is 9.10. The Morgan fingerprint density at radius 1 is 0.952 bits per heavy atom. The molecule has 0 unspecified atom stereocenters. The molecule has 21 heavy (non-hydrogen) atoms. The van der Waals surface area contributed by atoms with Crippen LogP contribution in [-0.2, 0) is 12.8 Å². The van der Waals surface area contributed by atoms with Gasteiger partial charge >= 0.3 is 11.9 Å². The second-order valence-corrected chi connectivity index (χ2v) is 5.53. The fraction of sp³-hybridized carbons (Fsp3) is 0.125. The van der Waals surface area contributed by atoms with Gasteiger partial charge in [-0.1, -0.05) is 28.1 Å². The molecule has 0 aliphatic rings. The van der Waals surface area contributed by atoms with Crippen LogP contribution in [0.15, 0.2) is 46.9 Å². The third-order valence-electron chi connectivity index (χ3n) is 3.15. The summed E-state index contributed by atoms with van der Waals surface area (Å²) in [5, 5.41) is 18.2. The van der Waals surface area contributed by atoms with E-state index in [2.05, 4.69) is 15.9 Å². The summed E-state index contributed by atoms with van der Waals surface area (Å²) in [6.45, 7) is 0. The van der Waals surface area contributed by atoms with Crippen molar-refractivity contribution < 1.29 is 19.8 Å². The molecule has 0 atom stereocenters. The molecule has 0 spiro atoms. The first-order chi connectivity index (χ1) is 9.97. The Balaban J connectivity index is 2.26. The van der Waals surface area contributed by atoms with Gasteiger partial charge in [-0.15, -0.1) is 0 Å². The van der Waals surface area contributed by atoms with E-state index in [0.29, 0.717) is 18.4 Å². The van der Waals surface area contributed by atoms with Crippen LogP contribution in [0.5, 0.6) is 0 Å². The van der Waals surface area contributed by atoms with Crippen molar-refractivity contribution in [2.24, 2.45) is 0 Å². The van der Waals surface area contributed by atoms with Crippen LogP contribution in [0.2, 0.25) is 0 Å².